The molecule has 402 valence electrons. The predicted octanol–water partition coefficient (Wildman–Crippen LogP) is 18.8. The SMILES string of the molecule is Cc1cc2c(cc1N1c3cc4c(cc3B3c5cc6c(cc5N(c5ccc7c(c5)sc5ccccc57)c5cc(N7c8ccccc8C8(C)CCCCC78C)cc1c53)C(C)(C)CCC6(C)C)C(C)(C)CCC4(C)C)C(C)(C)CC2(C)C. The molecular formula is C74H82BN3S. The second kappa shape index (κ2) is 15.8. The van der Waals surface area contributed by atoms with E-state index in [1.54, 1.807) is 0 Å². The largest absolute Gasteiger partial charge is 0.334 e. The van der Waals surface area contributed by atoms with Crippen LogP contribution in [0.15, 0.2) is 115 Å². The van der Waals surface area contributed by atoms with Crippen molar-refractivity contribution in [2.24, 2.45) is 0 Å². The molecule has 2 atom stereocenters. The zero-order valence-corrected chi connectivity index (χ0v) is 51.0. The van der Waals surface area contributed by atoms with Gasteiger partial charge in [-0.05, 0) is 207 Å². The molecule has 0 saturated heterocycles. The van der Waals surface area contributed by atoms with Crippen molar-refractivity contribution in [3.8, 4) is 0 Å². The third-order valence-corrected chi connectivity index (χ3v) is 23.9. The van der Waals surface area contributed by atoms with E-state index in [4.69, 9.17) is 0 Å². The minimum Gasteiger partial charge on any atom is -0.334 e. The van der Waals surface area contributed by atoms with Gasteiger partial charge in [-0.3, -0.25) is 0 Å². The lowest BCUT2D eigenvalue weighted by Crippen LogP contribution is -2.62. The van der Waals surface area contributed by atoms with E-state index in [0.717, 1.165) is 12.8 Å². The van der Waals surface area contributed by atoms with Gasteiger partial charge in [-0.15, -0.1) is 11.3 Å². The van der Waals surface area contributed by atoms with Gasteiger partial charge >= 0.3 is 0 Å². The number of para-hydroxylation sites is 1. The van der Waals surface area contributed by atoms with Gasteiger partial charge in [-0.2, -0.15) is 0 Å². The van der Waals surface area contributed by atoms with E-state index in [9.17, 15) is 0 Å². The molecule has 1 aromatic heterocycles. The summed E-state index contributed by atoms with van der Waals surface area (Å²) in [5, 5.41) is 2.69. The molecule has 0 amide bonds. The average Bonchev–Trinajstić information content (AvgIpc) is 2.83. The quantitative estimate of drug-likeness (QED) is 0.163. The molecule has 0 N–H and O–H groups in total. The maximum absolute atomic E-state index is 2.86. The van der Waals surface area contributed by atoms with Crippen molar-refractivity contribution in [2.45, 2.75) is 205 Å². The summed E-state index contributed by atoms with van der Waals surface area (Å²) >= 11 is 1.94. The highest BCUT2D eigenvalue weighted by molar-refractivity contribution is 7.25. The normalized spacial score (nSPS) is 24.5. The standard InChI is InChI=1S/C74H82BN3S/c1-44-34-50-55(72(12,13)43-71(50,10)11)40-59(44)77-61-42-54-52(68(4,5)31-33-70(54,8)9)39-57(61)75-56-38-51-53(69(6,7)32-30-67(51,2)3)41-60(56)76(45-26-27-48-47-22-16-19-25-64(47)79-65(48)37-45)62-35-46(36-63(77)66(62)75)78-58-24-18-17-23-49(58)73(14)28-20-21-29-74(73,78)15/h16-19,22-27,34-42H,20-21,28-33,43H2,1-15H3. The number of hydrogen-bond acceptors (Lipinski definition) is 4. The molecule has 7 aliphatic rings. The van der Waals surface area contributed by atoms with E-state index in [1.807, 2.05) is 11.3 Å². The topological polar surface area (TPSA) is 9.72 Å². The maximum atomic E-state index is 2.86. The first-order valence-electron chi connectivity index (χ1n) is 30.4. The minimum absolute atomic E-state index is 0.00611. The van der Waals surface area contributed by atoms with Crippen LogP contribution in [0, 0.1) is 6.92 Å². The van der Waals surface area contributed by atoms with Crippen LogP contribution >= 0.6 is 11.3 Å². The molecule has 1 saturated carbocycles. The Morgan fingerprint density at radius 1 is 0.392 bits per heavy atom. The van der Waals surface area contributed by atoms with Gasteiger partial charge in [-0.1, -0.05) is 164 Å². The van der Waals surface area contributed by atoms with Gasteiger partial charge in [0.15, 0.2) is 0 Å². The molecular weight excluding hydrogens is 974 g/mol. The van der Waals surface area contributed by atoms with E-state index in [2.05, 4.69) is 234 Å². The Bertz CT molecular complexity index is 3990. The van der Waals surface area contributed by atoms with E-state index >= 15 is 0 Å². The number of thiophene rings is 1. The summed E-state index contributed by atoms with van der Waals surface area (Å²) in [6, 6.07) is 47.7. The fraction of sp³-hybridized carbons (Fsp3) is 0.432. The van der Waals surface area contributed by atoms with Crippen LogP contribution in [-0.2, 0) is 37.9 Å². The lowest BCUT2D eigenvalue weighted by atomic mass is 9.32. The molecule has 3 aliphatic heterocycles. The van der Waals surface area contributed by atoms with Crippen LogP contribution in [0.5, 0.6) is 0 Å². The molecule has 4 aliphatic carbocycles. The smallest absolute Gasteiger partial charge is 0.252 e. The zero-order valence-electron chi connectivity index (χ0n) is 50.2. The highest BCUT2D eigenvalue weighted by Gasteiger charge is 2.58. The average molecular weight is 1060 g/mol. The number of nitrogens with zero attached hydrogens (tertiary/aromatic N) is 3. The summed E-state index contributed by atoms with van der Waals surface area (Å²) in [6.45, 7) is 37.8. The summed E-state index contributed by atoms with van der Waals surface area (Å²) in [7, 11) is 0. The zero-order chi connectivity index (χ0) is 55.1. The summed E-state index contributed by atoms with van der Waals surface area (Å²) in [6.07, 6.45) is 10.7. The maximum Gasteiger partial charge on any atom is 0.252 e. The van der Waals surface area contributed by atoms with Crippen LogP contribution in [0.1, 0.15) is 199 Å². The van der Waals surface area contributed by atoms with Crippen molar-refractivity contribution in [1.29, 1.82) is 0 Å². The van der Waals surface area contributed by atoms with Crippen LogP contribution in [0.25, 0.3) is 20.2 Å². The minimum atomic E-state index is -0.122. The molecule has 7 aromatic carbocycles. The monoisotopic (exact) mass is 1060 g/mol. The Labute approximate surface area is 476 Å². The van der Waals surface area contributed by atoms with Crippen molar-refractivity contribution >= 4 is 100 Å². The van der Waals surface area contributed by atoms with Crippen LogP contribution in [0.3, 0.4) is 0 Å². The molecule has 4 heterocycles. The van der Waals surface area contributed by atoms with Crippen molar-refractivity contribution in [3.05, 3.63) is 160 Å². The lowest BCUT2D eigenvalue weighted by Gasteiger charge is -2.51. The van der Waals surface area contributed by atoms with Crippen molar-refractivity contribution in [1.82, 2.24) is 0 Å². The summed E-state index contributed by atoms with van der Waals surface area (Å²) in [5.41, 5.74) is 27.1. The first-order chi connectivity index (χ1) is 37.2. The van der Waals surface area contributed by atoms with Gasteiger partial charge in [-0.25, -0.2) is 0 Å². The molecule has 79 heavy (non-hydrogen) atoms. The summed E-state index contributed by atoms with van der Waals surface area (Å²) < 4.78 is 2.69. The molecule has 8 aromatic rings. The molecule has 0 radical (unpaired) electrons. The number of aryl methyl sites for hydroxylation is 1. The molecule has 15 rings (SSSR count). The first-order valence-corrected chi connectivity index (χ1v) is 31.2. The Morgan fingerprint density at radius 3 is 1.54 bits per heavy atom. The highest BCUT2D eigenvalue weighted by atomic mass is 32.1. The predicted molar refractivity (Wildman–Crippen MR) is 342 cm³/mol. The van der Waals surface area contributed by atoms with E-state index in [0.29, 0.717) is 0 Å². The second-order valence-electron chi connectivity index (χ2n) is 30.5. The van der Waals surface area contributed by atoms with E-state index in [1.165, 1.54) is 172 Å². The Balaban J connectivity index is 1.12. The van der Waals surface area contributed by atoms with E-state index < -0.39 is 0 Å². The lowest BCUT2D eigenvalue weighted by molar-refractivity contribution is 0.195. The molecule has 0 spiro atoms. The number of anilines is 8. The van der Waals surface area contributed by atoms with Gasteiger partial charge in [0.05, 0.1) is 5.54 Å². The number of hydrogen-bond donors (Lipinski definition) is 0. The Morgan fingerprint density at radius 2 is 0.899 bits per heavy atom. The van der Waals surface area contributed by atoms with Crippen LogP contribution < -0.4 is 31.1 Å². The molecule has 2 unspecified atom stereocenters. The van der Waals surface area contributed by atoms with Crippen LogP contribution in [-0.4, -0.2) is 12.3 Å². The third-order valence-electron chi connectivity index (χ3n) is 22.8. The van der Waals surface area contributed by atoms with Gasteiger partial charge in [0.1, 0.15) is 0 Å². The van der Waals surface area contributed by atoms with Crippen molar-refractivity contribution in [3.63, 3.8) is 0 Å². The van der Waals surface area contributed by atoms with Gasteiger partial charge in [0.2, 0.25) is 0 Å². The molecule has 1 fully saturated rings. The fourth-order valence-electron chi connectivity index (χ4n) is 18.1. The molecule has 3 nitrogen and oxygen atoms in total. The van der Waals surface area contributed by atoms with Gasteiger partial charge in [0, 0.05) is 71.1 Å². The number of fused-ring (bicyclic) bond motifs is 13. The number of benzene rings is 7. The highest BCUT2D eigenvalue weighted by Crippen LogP contribution is 2.63. The van der Waals surface area contributed by atoms with Crippen LogP contribution in [0.4, 0.5) is 45.5 Å². The van der Waals surface area contributed by atoms with E-state index in [-0.39, 0.29) is 50.2 Å². The first kappa shape index (κ1) is 50.2. The number of rotatable bonds is 3. The van der Waals surface area contributed by atoms with Crippen molar-refractivity contribution in [2.75, 3.05) is 14.7 Å². The van der Waals surface area contributed by atoms with Gasteiger partial charge in [0.25, 0.3) is 6.71 Å². The van der Waals surface area contributed by atoms with Crippen LogP contribution in [0.2, 0.25) is 0 Å². The second-order valence-corrected chi connectivity index (χ2v) is 31.6. The third kappa shape index (κ3) is 6.66. The molecule has 0 bridgehead atoms. The molecule has 5 heteroatoms. The Kier molecular flexibility index (Phi) is 10.0. The fourth-order valence-corrected chi connectivity index (χ4v) is 19.2. The Hall–Kier alpha value is -5.78. The summed E-state index contributed by atoms with van der Waals surface area (Å²) in [4.78, 5) is 8.47. The van der Waals surface area contributed by atoms with Crippen molar-refractivity contribution < 1.29 is 0 Å². The van der Waals surface area contributed by atoms with Gasteiger partial charge < -0.3 is 14.7 Å². The summed E-state index contributed by atoms with van der Waals surface area (Å²) in [5.74, 6) is 0.